The average Bonchev–Trinajstić information content (AvgIpc) is 2.96. The van der Waals surface area contributed by atoms with E-state index < -0.39 is 0 Å². The van der Waals surface area contributed by atoms with Gasteiger partial charge in [-0.3, -0.25) is 4.99 Å². The molecule has 19 heavy (non-hydrogen) atoms. The minimum atomic E-state index is 0.277. The van der Waals surface area contributed by atoms with E-state index in [1.165, 1.54) is 5.56 Å². The molecule has 1 aromatic carbocycles. The molecule has 0 unspecified atom stereocenters. The Bertz CT molecular complexity index is 425. The summed E-state index contributed by atoms with van der Waals surface area (Å²) in [5, 5.41) is 0.646. The van der Waals surface area contributed by atoms with Crippen LogP contribution in [0.25, 0.3) is 6.08 Å². The highest BCUT2D eigenvalue weighted by molar-refractivity contribution is 8.13. The van der Waals surface area contributed by atoms with Gasteiger partial charge in [0.05, 0.1) is 12.6 Å². The van der Waals surface area contributed by atoms with Crippen molar-refractivity contribution in [1.82, 2.24) is 0 Å². The number of aliphatic imine (C=N–C) groups is 1. The van der Waals surface area contributed by atoms with Gasteiger partial charge in [-0.05, 0) is 18.4 Å². The number of benzene rings is 1. The summed E-state index contributed by atoms with van der Waals surface area (Å²) in [6, 6.07) is 10.2. The molecule has 1 fully saturated rings. The smallest absolute Gasteiger partial charge is 0.154 e. The van der Waals surface area contributed by atoms with Crippen molar-refractivity contribution >= 4 is 23.0 Å². The van der Waals surface area contributed by atoms with Gasteiger partial charge in [0, 0.05) is 12.4 Å². The van der Waals surface area contributed by atoms with Gasteiger partial charge < -0.3 is 10.5 Å². The van der Waals surface area contributed by atoms with Crippen LogP contribution in [0.2, 0.25) is 0 Å². The van der Waals surface area contributed by atoms with E-state index in [0.29, 0.717) is 11.7 Å². The van der Waals surface area contributed by atoms with Crippen LogP contribution in [0, 0.1) is 0 Å². The summed E-state index contributed by atoms with van der Waals surface area (Å²) in [5.74, 6) is 0.843. The topological polar surface area (TPSA) is 47.6 Å². The fourth-order valence-corrected chi connectivity index (χ4v) is 2.44. The second-order valence-corrected chi connectivity index (χ2v) is 5.48. The second kappa shape index (κ2) is 8.02. The lowest BCUT2D eigenvalue weighted by Crippen LogP contribution is -2.14. The number of nitrogens with zero attached hydrogens (tertiary/aromatic N) is 1. The fourth-order valence-electron chi connectivity index (χ4n) is 1.91. The standard InChI is InChI=1S/C15H20N2OS/c16-15(17-12-14-9-4-10-18-14)19-11-5-8-13-6-2-1-3-7-13/h1-3,5-8,14H,4,9-12H2,(H2,16,17)/b8-5+/t14-/m0/s1. The summed E-state index contributed by atoms with van der Waals surface area (Å²) < 4.78 is 5.50. The van der Waals surface area contributed by atoms with Gasteiger partial charge in [0.25, 0.3) is 0 Å². The quantitative estimate of drug-likeness (QED) is 0.664. The molecule has 0 bridgehead atoms. The van der Waals surface area contributed by atoms with Crippen LogP contribution in [0.1, 0.15) is 18.4 Å². The van der Waals surface area contributed by atoms with E-state index in [1.54, 1.807) is 11.8 Å². The molecule has 2 rings (SSSR count). The molecule has 1 aliphatic heterocycles. The molecule has 2 N–H and O–H groups in total. The van der Waals surface area contributed by atoms with Gasteiger partial charge in [-0.15, -0.1) is 0 Å². The van der Waals surface area contributed by atoms with E-state index in [9.17, 15) is 0 Å². The summed E-state index contributed by atoms with van der Waals surface area (Å²) in [7, 11) is 0. The number of rotatable bonds is 5. The molecule has 1 atom stereocenters. The second-order valence-electron chi connectivity index (χ2n) is 4.44. The highest BCUT2D eigenvalue weighted by Gasteiger charge is 2.14. The zero-order chi connectivity index (χ0) is 13.3. The molecule has 0 amide bonds. The third-order valence-corrected chi connectivity index (χ3v) is 3.70. The first-order valence-corrected chi connectivity index (χ1v) is 7.59. The highest BCUT2D eigenvalue weighted by atomic mass is 32.2. The van der Waals surface area contributed by atoms with E-state index in [-0.39, 0.29) is 6.10 Å². The Labute approximate surface area is 118 Å². The number of ether oxygens (including phenoxy) is 1. The number of hydrogen-bond donors (Lipinski definition) is 1. The largest absolute Gasteiger partial charge is 0.379 e. The van der Waals surface area contributed by atoms with Gasteiger partial charge >= 0.3 is 0 Å². The Hall–Kier alpha value is -1.26. The van der Waals surface area contributed by atoms with Crippen molar-refractivity contribution in [3.05, 3.63) is 42.0 Å². The Balaban J connectivity index is 1.67. The minimum Gasteiger partial charge on any atom is -0.379 e. The number of hydrogen-bond acceptors (Lipinski definition) is 3. The van der Waals surface area contributed by atoms with Crippen LogP contribution in [-0.4, -0.2) is 30.2 Å². The third-order valence-electron chi connectivity index (χ3n) is 2.91. The monoisotopic (exact) mass is 276 g/mol. The minimum absolute atomic E-state index is 0.277. The maximum absolute atomic E-state index is 5.85. The molecule has 1 aliphatic rings. The van der Waals surface area contributed by atoms with E-state index in [2.05, 4.69) is 29.3 Å². The van der Waals surface area contributed by atoms with Crippen molar-refractivity contribution in [1.29, 1.82) is 0 Å². The zero-order valence-electron chi connectivity index (χ0n) is 11.0. The van der Waals surface area contributed by atoms with Crippen LogP contribution in [0.4, 0.5) is 0 Å². The van der Waals surface area contributed by atoms with Gasteiger partial charge in [0.2, 0.25) is 0 Å². The number of thioether (sulfide) groups is 1. The van der Waals surface area contributed by atoms with Gasteiger partial charge in [0.1, 0.15) is 0 Å². The van der Waals surface area contributed by atoms with Crippen LogP contribution >= 0.6 is 11.8 Å². The first-order chi connectivity index (χ1) is 9.34. The number of nitrogens with two attached hydrogens (primary N) is 1. The Kier molecular flexibility index (Phi) is 5.98. The van der Waals surface area contributed by atoms with Crippen molar-refractivity contribution < 1.29 is 4.74 Å². The van der Waals surface area contributed by atoms with Gasteiger partial charge in [-0.2, -0.15) is 0 Å². The maximum atomic E-state index is 5.85. The van der Waals surface area contributed by atoms with Crippen LogP contribution in [0.3, 0.4) is 0 Å². The fraction of sp³-hybridized carbons (Fsp3) is 0.400. The molecular weight excluding hydrogens is 256 g/mol. The molecule has 4 heteroatoms. The molecule has 0 radical (unpaired) electrons. The summed E-state index contributed by atoms with van der Waals surface area (Å²) in [4.78, 5) is 4.35. The van der Waals surface area contributed by atoms with Crippen LogP contribution in [-0.2, 0) is 4.74 Å². The average molecular weight is 276 g/mol. The van der Waals surface area contributed by atoms with Crippen LogP contribution in [0.15, 0.2) is 41.4 Å². The molecule has 0 aromatic heterocycles. The first kappa shape index (κ1) is 14.2. The van der Waals surface area contributed by atoms with Gasteiger partial charge in [-0.25, -0.2) is 0 Å². The summed E-state index contributed by atoms with van der Waals surface area (Å²) in [5.41, 5.74) is 7.06. The van der Waals surface area contributed by atoms with E-state index in [0.717, 1.165) is 25.2 Å². The lowest BCUT2D eigenvalue weighted by Gasteiger charge is -2.05. The van der Waals surface area contributed by atoms with E-state index in [1.807, 2.05) is 18.2 Å². The molecule has 0 aliphatic carbocycles. The first-order valence-electron chi connectivity index (χ1n) is 6.60. The summed E-state index contributed by atoms with van der Waals surface area (Å²) in [6.45, 7) is 1.56. The lowest BCUT2D eigenvalue weighted by molar-refractivity contribution is 0.118. The Morgan fingerprint density at radius 3 is 3.00 bits per heavy atom. The Morgan fingerprint density at radius 1 is 1.42 bits per heavy atom. The van der Waals surface area contributed by atoms with Crippen LogP contribution in [0.5, 0.6) is 0 Å². The molecule has 1 heterocycles. The molecule has 0 spiro atoms. The van der Waals surface area contributed by atoms with Crippen molar-refractivity contribution in [3.63, 3.8) is 0 Å². The third kappa shape index (κ3) is 5.49. The zero-order valence-corrected chi connectivity index (χ0v) is 11.8. The summed E-state index contributed by atoms with van der Waals surface area (Å²) >= 11 is 1.56. The SMILES string of the molecule is NC(=NC[C@@H]1CCCO1)SC/C=C/c1ccccc1. The van der Waals surface area contributed by atoms with Crippen molar-refractivity contribution in [3.8, 4) is 0 Å². The van der Waals surface area contributed by atoms with Crippen molar-refractivity contribution in [2.75, 3.05) is 18.9 Å². The normalized spacial score (nSPS) is 20.2. The van der Waals surface area contributed by atoms with Crippen molar-refractivity contribution in [2.24, 2.45) is 10.7 Å². The molecule has 3 nitrogen and oxygen atoms in total. The van der Waals surface area contributed by atoms with Gasteiger partial charge in [0.15, 0.2) is 5.17 Å². The Morgan fingerprint density at radius 2 is 2.26 bits per heavy atom. The van der Waals surface area contributed by atoms with Crippen LogP contribution < -0.4 is 5.73 Å². The molecule has 1 saturated heterocycles. The van der Waals surface area contributed by atoms with Gasteiger partial charge in [-0.1, -0.05) is 54.2 Å². The predicted octanol–water partition coefficient (Wildman–Crippen LogP) is 2.93. The predicted molar refractivity (Wildman–Crippen MR) is 83.4 cm³/mol. The molecule has 0 saturated carbocycles. The van der Waals surface area contributed by atoms with E-state index >= 15 is 0 Å². The highest BCUT2D eigenvalue weighted by Crippen LogP contribution is 2.12. The van der Waals surface area contributed by atoms with E-state index in [4.69, 9.17) is 10.5 Å². The summed E-state index contributed by atoms with van der Waals surface area (Å²) in [6.07, 6.45) is 6.73. The molecular formula is C15H20N2OS. The van der Waals surface area contributed by atoms with Crippen molar-refractivity contribution in [2.45, 2.75) is 18.9 Å². The lowest BCUT2D eigenvalue weighted by atomic mass is 10.2. The molecule has 102 valence electrons. The molecule has 1 aromatic rings. The maximum Gasteiger partial charge on any atom is 0.154 e. The number of amidine groups is 1.